The highest BCUT2D eigenvalue weighted by atomic mass is 35.5. The molecule has 0 bridgehead atoms. The summed E-state index contributed by atoms with van der Waals surface area (Å²) in [4.78, 5) is 11.6. The number of rotatable bonds is 5. The average molecular weight is 292 g/mol. The van der Waals surface area contributed by atoms with E-state index in [0.29, 0.717) is 0 Å². The van der Waals surface area contributed by atoms with E-state index in [9.17, 15) is 13.2 Å². The normalized spacial score (nSPS) is 11.3. The summed E-state index contributed by atoms with van der Waals surface area (Å²) in [6.07, 6.45) is 1.16. The number of carbonyl (C=O) groups excluding carboxylic acids is 1. The van der Waals surface area contributed by atoms with Crippen LogP contribution in [0.1, 0.15) is 16.8 Å². The van der Waals surface area contributed by atoms with Gasteiger partial charge in [0.15, 0.2) is 21.4 Å². The molecule has 0 atom stereocenters. The number of benzene rings is 1. The molecule has 0 aliphatic carbocycles. The lowest BCUT2D eigenvalue weighted by molar-refractivity contribution is 0.0985. The minimum atomic E-state index is -3.53. The van der Waals surface area contributed by atoms with Crippen LogP contribution in [-0.2, 0) is 9.84 Å². The first-order valence-electron chi connectivity index (χ1n) is 5.12. The molecule has 0 amide bonds. The molecule has 0 aliphatic heterocycles. The Balaban J connectivity index is 3.45. The third-order valence-corrected chi connectivity index (χ3v) is 3.69. The van der Waals surface area contributed by atoms with Gasteiger partial charge in [-0.1, -0.05) is 11.6 Å². The van der Waals surface area contributed by atoms with Crippen molar-refractivity contribution in [3.8, 4) is 5.75 Å². The minimum Gasteiger partial charge on any atom is -0.494 e. The lowest BCUT2D eigenvalue weighted by atomic mass is 10.1. The maximum absolute atomic E-state index is 11.7. The second kappa shape index (κ2) is 5.69. The molecule has 2 N–H and O–H groups in total. The summed E-state index contributed by atoms with van der Waals surface area (Å²) in [5, 5.41) is 0.0841. The van der Waals surface area contributed by atoms with Gasteiger partial charge in [0.25, 0.3) is 0 Å². The molecule has 100 valence electrons. The van der Waals surface area contributed by atoms with Gasteiger partial charge in [0.1, 0.15) is 4.90 Å². The Bertz CT molecular complexity index is 569. The Morgan fingerprint density at radius 2 is 2.06 bits per heavy atom. The van der Waals surface area contributed by atoms with Crippen molar-refractivity contribution in [3.63, 3.8) is 0 Å². The Hall–Kier alpha value is -1.11. The number of Topliss-reactive ketones (excluding diaryl/α,β-unsaturated/α-hetero) is 1. The molecule has 0 heterocycles. The molecule has 0 saturated heterocycles. The van der Waals surface area contributed by atoms with Gasteiger partial charge in [0.2, 0.25) is 0 Å². The van der Waals surface area contributed by atoms with Crippen LogP contribution in [0.4, 0.5) is 0 Å². The van der Waals surface area contributed by atoms with Crippen molar-refractivity contribution >= 4 is 27.2 Å². The van der Waals surface area contributed by atoms with Gasteiger partial charge >= 0.3 is 0 Å². The van der Waals surface area contributed by atoms with Crippen molar-refractivity contribution in [1.82, 2.24) is 0 Å². The van der Waals surface area contributed by atoms with E-state index < -0.39 is 9.84 Å². The van der Waals surface area contributed by atoms with E-state index in [4.69, 9.17) is 22.1 Å². The maximum Gasteiger partial charge on any atom is 0.179 e. The van der Waals surface area contributed by atoms with Gasteiger partial charge in [-0.2, -0.15) is 0 Å². The number of nitrogens with two attached hydrogens (primary N) is 1. The minimum absolute atomic E-state index is 0.0449. The second-order valence-electron chi connectivity index (χ2n) is 3.72. The molecule has 7 heteroatoms. The SMILES string of the molecule is COc1c(Cl)cc(C(=O)CCN)cc1S(C)(=O)=O. The summed E-state index contributed by atoms with van der Waals surface area (Å²) >= 11 is 5.91. The average Bonchev–Trinajstić information content (AvgIpc) is 2.27. The van der Waals surface area contributed by atoms with E-state index in [2.05, 4.69) is 0 Å². The number of halogens is 1. The Kier molecular flexibility index (Phi) is 4.72. The molecule has 0 fully saturated rings. The fourth-order valence-electron chi connectivity index (χ4n) is 1.48. The van der Waals surface area contributed by atoms with Crippen molar-refractivity contribution in [2.75, 3.05) is 19.9 Å². The highest BCUT2D eigenvalue weighted by Crippen LogP contribution is 2.33. The van der Waals surface area contributed by atoms with Gasteiger partial charge < -0.3 is 10.5 Å². The monoisotopic (exact) mass is 291 g/mol. The molecule has 0 radical (unpaired) electrons. The zero-order valence-electron chi connectivity index (χ0n) is 10.1. The van der Waals surface area contributed by atoms with Crippen LogP contribution in [0.2, 0.25) is 5.02 Å². The van der Waals surface area contributed by atoms with Crippen LogP contribution in [0.25, 0.3) is 0 Å². The van der Waals surface area contributed by atoms with Crippen LogP contribution >= 0.6 is 11.6 Å². The van der Waals surface area contributed by atoms with Gasteiger partial charge in [-0.3, -0.25) is 4.79 Å². The van der Waals surface area contributed by atoms with Crippen LogP contribution in [-0.4, -0.2) is 34.1 Å². The molecule has 0 spiro atoms. The van der Waals surface area contributed by atoms with Gasteiger partial charge in [0, 0.05) is 18.2 Å². The lowest BCUT2D eigenvalue weighted by Gasteiger charge is -2.11. The molecule has 0 aromatic heterocycles. The van der Waals surface area contributed by atoms with E-state index in [1.807, 2.05) is 0 Å². The predicted octanol–water partition coefficient (Wildman–Crippen LogP) is 1.28. The molecule has 0 aliphatic rings. The van der Waals surface area contributed by atoms with E-state index in [1.54, 1.807) is 0 Å². The van der Waals surface area contributed by atoms with Crippen LogP contribution in [0, 0.1) is 0 Å². The third kappa shape index (κ3) is 3.22. The molecule has 1 aromatic rings. The number of hydrogen-bond donors (Lipinski definition) is 1. The zero-order chi connectivity index (χ0) is 13.9. The van der Waals surface area contributed by atoms with Crippen LogP contribution in [0.5, 0.6) is 5.75 Å². The maximum atomic E-state index is 11.7. The third-order valence-electron chi connectivity index (χ3n) is 2.31. The van der Waals surface area contributed by atoms with E-state index >= 15 is 0 Å². The standard InChI is InChI=1S/C11H14ClNO4S/c1-17-11-8(12)5-7(9(14)3-4-13)6-10(11)18(2,15)16/h5-6H,3-4,13H2,1-2H3. The van der Waals surface area contributed by atoms with Crippen molar-refractivity contribution in [2.45, 2.75) is 11.3 Å². The highest BCUT2D eigenvalue weighted by Gasteiger charge is 2.20. The molecule has 0 saturated carbocycles. The summed E-state index contributed by atoms with van der Waals surface area (Å²) in [7, 11) is -2.22. The first-order chi connectivity index (χ1) is 8.31. The lowest BCUT2D eigenvalue weighted by Crippen LogP contribution is -2.10. The van der Waals surface area contributed by atoms with Gasteiger partial charge in [-0.05, 0) is 18.7 Å². The number of sulfone groups is 1. The Labute approximate surface area is 111 Å². The number of hydrogen-bond acceptors (Lipinski definition) is 5. The first-order valence-corrected chi connectivity index (χ1v) is 7.39. The fourth-order valence-corrected chi connectivity index (χ4v) is 2.70. The smallest absolute Gasteiger partial charge is 0.179 e. The van der Waals surface area contributed by atoms with Crippen molar-refractivity contribution in [3.05, 3.63) is 22.7 Å². The molecule has 0 unspecified atom stereocenters. The number of ketones is 1. The number of carbonyl (C=O) groups is 1. The topological polar surface area (TPSA) is 86.5 Å². The Morgan fingerprint density at radius 1 is 1.44 bits per heavy atom. The van der Waals surface area contributed by atoms with Crippen molar-refractivity contribution < 1.29 is 17.9 Å². The summed E-state index contributed by atoms with van der Waals surface area (Å²) in [6.45, 7) is 0.191. The quantitative estimate of drug-likeness (QED) is 0.826. The zero-order valence-corrected chi connectivity index (χ0v) is 11.6. The number of methoxy groups -OCH3 is 1. The van der Waals surface area contributed by atoms with E-state index in [1.165, 1.54) is 19.2 Å². The van der Waals surface area contributed by atoms with E-state index in [-0.39, 0.29) is 40.0 Å². The summed E-state index contributed by atoms with van der Waals surface area (Å²) in [5.74, 6) is -0.213. The molecular weight excluding hydrogens is 278 g/mol. The highest BCUT2D eigenvalue weighted by molar-refractivity contribution is 7.90. The van der Waals surface area contributed by atoms with Gasteiger partial charge in [0.05, 0.1) is 12.1 Å². The van der Waals surface area contributed by atoms with Crippen LogP contribution < -0.4 is 10.5 Å². The summed E-state index contributed by atoms with van der Waals surface area (Å²) in [5.41, 5.74) is 5.50. The summed E-state index contributed by atoms with van der Waals surface area (Å²) in [6, 6.07) is 2.64. The molecule has 1 aromatic carbocycles. The fraction of sp³-hybridized carbons (Fsp3) is 0.364. The van der Waals surface area contributed by atoms with Crippen molar-refractivity contribution in [2.24, 2.45) is 5.73 Å². The van der Waals surface area contributed by atoms with Crippen molar-refractivity contribution in [1.29, 1.82) is 0 Å². The molecule has 5 nitrogen and oxygen atoms in total. The molecule has 1 rings (SSSR count). The van der Waals surface area contributed by atoms with Crippen LogP contribution in [0.3, 0.4) is 0 Å². The largest absolute Gasteiger partial charge is 0.494 e. The Morgan fingerprint density at radius 3 is 2.50 bits per heavy atom. The molecular formula is C11H14ClNO4S. The van der Waals surface area contributed by atoms with Crippen LogP contribution in [0.15, 0.2) is 17.0 Å². The predicted molar refractivity (Wildman–Crippen MR) is 69.1 cm³/mol. The van der Waals surface area contributed by atoms with E-state index in [0.717, 1.165) is 6.26 Å². The van der Waals surface area contributed by atoms with Gasteiger partial charge in [-0.25, -0.2) is 8.42 Å². The molecule has 18 heavy (non-hydrogen) atoms. The number of ether oxygens (including phenoxy) is 1. The summed E-state index contributed by atoms with van der Waals surface area (Å²) < 4.78 is 28.2. The van der Waals surface area contributed by atoms with Gasteiger partial charge in [-0.15, -0.1) is 0 Å². The second-order valence-corrected chi connectivity index (χ2v) is 6.11. The first kappa shape index (κ1) is 14.9.